The Bertz CT molecular complexity index is 1170. The van der Waals surface area contributed by atoms with Gasteiger partial charge in [-0.2, -0.15) is 4.39 Å². The fourth-order valence-electron chi connectivity index (χ4n) is 3.45. The summed E-state index contributed by atoms with van der Waals surface area (Å²) < 4.78 is 130. The molecule has 0 saturated heterocycles. The van der Waals surface area contributed by atoms with Crippen molar-refractivity contribution in [2.45, 2.75) is 31.7 Å². The van der Waals surface area contributed by atoms with Crippen LogP contribution < -0.4 is 10.1 Å². The Morgan fingerprint density at radius 2 is 1.37 bits per heavy atom. The minimum absolute atomic E-state index is 0.0796. The van der Waals surface area contributed by atoms with E-state index in [0.717, 1.165) is 6.92 Å². The van der Waals surface area contributed by atoms with Crippen LogP contribution in [0.1, 0.15) is 24.0 Å². The molecule has 2 aromatic carbocycles. The fraction of sp³-hybridized carbons (Fsp3) is 0.500. The summed E-state index contributed by atoms with van der Waals surface area (Å²) in [4.78, 5) is 12.0. The number of benzene rings is 2. The number of carbonyl (C=O) groups excluding carboxylic acids is 1. The molecule has 0 aromatic heterocycles. The van der Waals surface area contributed by atoms with Crippen LogP contribution in [-0.2, 0) is 25.4 Å². The Balaban J connectivity index is 1.97. The Morgan fingerprint density at radius 1 is 0.805 bits per heavy atom. The molecule has 0 aliphatic heterocycles. The van der Waals surface area contributed by atoms with Gasteiger partial charge in [0, 0.05) is 36.8 Å². The van der Waals surface area contributed by atoms with E-state index in [-0.39, 0.29) is 52.3 Å². The Hall–Kier alpha value is -2.85. The van der Waals surface area contributed by atoms with E-state index < -0.39 is 87.8 Å². The number of aliphatic hydroxyl groups excluding tert-OH is 1. The highest BCUT2D eigenvalue weighted by molar-refractivity contribution is 5.72. The lowest BCUT2D eigenvalue weighted by atomic mass is 10.0. The molecular weight excluding hydrogens is 574 g/mol. The zero-order chi connectivity index (χ0) is 30.7. The van der Waals surface area contributed by atoms with Crippen LogP contribution in [-0.4, -0.2) is 69.9 Å². The van der Waals surface area contributed by atoms with E-state index in [4.69, 9.17) is 19.3 Å². The van der Waals surface area contributed by atoms with Gasteiger partial charge in [0.1, 0.15) is 0 Å². The quantitative estimate of drug-likeness (QED) is 0.0706. The van der Waals surface area contributed by atoms with Gasteiger partial charge in [-0.1, -0.05) is 0 Å². The third-order valence-electron chi connectivity index (χ3n) is 5.93. The molecule has 1 atom stereocenters. The third-order valence-corrected chi connectivity index (χ3v) is 5.93. The smallest absolute Gasteiger partial charge is 0.313 e. The molecule has 0 fully saturated rings. The molecule has 15 heteroatoms. The van der Waals surface area contributed by atoms with Crippen molar-refractivity contribution in [3.05, 3.63) is 63.7 Å². The summed E-state index contributed by atoms with van der Waals surface area (Å²) in [6, 6.07) is 0.177. The van der Waals surface area contributed by atoms with E-state index in [2.05, 4.69) is 10.1 Å². The molecule has 41 heavy (non-hydrogen) atoms. The number of hydrogen-bond acceptors (Lipinski definition) is 7. The molecule has 0 aliphatic carbocycles. The maximum Gasteiger partial charge on any atom is 0.313 e. The van der Waals surface area contributed by atoms with Gasteiger partial charge in [0.25, 0.3) is 0 Å². The standard InChI is InChI=1S/C26H29F8NO6/c1-14-19(28)21(30)15(22(31)20(14)29)4-8-39-12-26(35-2,11-38-7-3-6-36)13-40-9-5-18(37)41-17-10-16(27)23(32)25(34)24(17)33/h10,35-36H,3-9,11-13H2,1-2H3. The highest BCUT2D eigenvalue weighted by Gasteiger charge is 2.31. The van der Waals surface area contributed by atoms with Crippen LogP contribution in [0, 0.1) is 53.5 Å². The molecule has 0 heterocycles. The first kappa shape index (κ1) is 34.4. The van der Waals surface area contributed by atoms with Gasteiger partial charge in [-0.05, 0) is 20.4 Å². The number of aliphatic hydroxyl groups is 1. The van der Waals surface area contributed by atoms with Crippen molar-refractivity contribution in [1.29, 1.82) is 0 Å². The maximum absolute atomic E-state index is 14.1. The predicted octanol–water partition coefficient (Wildman–Crippen LogP) is 4.04. The van der Waals surface area contributed by atoms with Crippen molar-refractivity contribution < 1.29 is 64.0 Å². The first-order valence-corrected chi connectivity index (χ1v) is 12.3. The van der Waals surface area contributed by atoms with Crippen molar-refractivity contribution in [2.75, 3.05) is 53.3 Å². The van der Waals surface area contributed by atoms with Crippen LogP contribution >= 0.6 is 0 Å². The van der Waals surface area contributed by atoms with E-state index in [0.29, 0.717) is 6.42 Å². The first-order valence-electron chi connectivity index (χ1n) is 12.3. The number of likely N-dealkylation sites (N-methyl/N-ethyl adjacent to an activating group) is 1. The summed E-state index contributed by atoms with van der Waals surface area (Å²) in [7, 11) is 1.50. The maximum atomic E-state index is 14.1. The number of hydrogen-bond donors (Lipinski definition) is 2. The summed E-state index contributed by atoms with van der Waals surface area (Å²) in [5.74, 6) is -16.2. The normalized spacial score (nSPS) is 13.0. The van der Waals surface area contributed by atoms with Gasteiger partial charge in [-0.15, -0.1) is 0 Å². The van der Waals surface area contributed by atoms with Crippen molar-refractivity contribution in [3.8, 4) is 5.75 Å². The molecular formula is C26H29F8NO6. The van der Waals surface area contributed by atoms with E-state index in [1.807, 2.05) is 0 Å². The van der Waals surface area contributed by atoms with Crippen LogP contribution in [0.15, 0.2) is 6.07 Å². The van der Waals surface area contributed by atoms with E-state index in [9.17, 15) is 39.9 Å². The van der Waals surface area contributed by atoms with Gasteiger partial charge in [-0.3, -0.25) is 4.79 Å². The molecule has 0 spiro atoms. The van der Waals surface area contributed by atoms with Crippen molar-refractivity contribution in [1.82, 2.24) is 5.32 Å². The van der Waals surface area contributed by atoms with Crippen molar-refractivity contribution in [2.24, 2.45) is 0 Å². The molecule has 7 nitrogen and oxygen atoms in total. The Morgan fingerprint density at radius 3 is 1.93 bits per heavy atom. The van der Waals surface area contributed by atoms with Crippen LogP contribution in [0.5, 0.6) is 5.75 Å². The molecule has 1 unspecified atom stereocenters. The number of rotatable bonds is 17. The number of nitrogens with one attached hydrogen (secondary N) is 1. The fourth-order valence-corrected chi connectivity index (χ4v) is 3.45. The Labute approximate surface area is 230 Å². The van der Waals surface area contributed by atoms with Crippen molar-refractivity contribution >= 4 is 5.97 Å². The molecule has 0 radical (unpaired) electrons. The lowest BCUT2D eigenvalue weighted by molar-refractivity contribution is -0.136. The molecule has 2 N–H and O–H groups in total. The predicted molar refractivity (Wildman–Crippen MR) is 127 cm³/mol. The van der Waals surface area contributed by atoms with Gasteiger partial charge >= 0.3 is 5.97 Å². The van der Waals surface area contributed by atoms with Crippen molar-refractivity contribution in [3.63, 3.8) is 0 Å². The second-order valence-corrected chi connectivity index (χ2v) is 8.90. The molecule has 0 amide bonds. The number of carbonyl (C=O) groups is 1. The van der Waals surface area contributed by atoms with Crippen LogP contribution in [0.4, 0.5) is 35.1 Å². The summed E-state index contributed by atoms with van der Waals surface area (Å²) >= 11 is 0. The zero-order valence-corrected chi connectivity index (χ0v) is 22.2. The minimum Gasteiger partial charge on any atom is -0.423 e. The van der Waals surface area contributed by atoms with E-state index in [1.54, 1.807) is 0 Å². The SMILES string of the molecule is CNC(COCCCO)(COCCC(=O)Oc1cc(F)c(F)c(F)c1F)COCCc1c(F)c(F)c(C)c(F)c1F. The summed E-state index contributed by atoms with van der Waals surface area (Å²) in [5, 5.41) is 11.8. The molecule has 2 rings (SSSR count). The first-order chi connectivity index (χ1) is 19.4. The number of ether oxygens (including phenoxy) is 4. The minimum atomic E-state index is -2.15. The third kappa shape index (κ3) is 9.07. The van der Waals surface area contributed by atoms with Gasteiger partial charge in [0.15, 0.2) is 40.7 Å². The molecule has 2 aromatic rings. The molecule has 230 valence electrons. The lowest BCUT2D eigenvalue weighted by Gasteiger charge is -2.33. The topological polar surface area (TPSA) is 86.2 Å². The summed E-state index contributed by atoms with van der Waals surface area (Å²) in [5.41, 5.74) is -2.75. The Kier molecular flexibility index (Phi) is 13.4. The molecule has 0 bridgehead atoms. The average molecular weight is 604 g/mol. The van der Waals surface area contributed by atoms with Gasteiger partial charge in [-0.25, -0.2) is 30.7 Å². The summed E-state index contributed by atoms with van der Waals surface area (Å²) in [6.45, 7) is -0.318. The number of esters is 1. The van der Waals surface area contributed by atoms with Crippen LogP contribution in [0.25, 0.3) is 0 Å². The summed E-state index contributed by atoms with van der Waals surface area (Å²) in [6.07, 6.45) is -0.725. The largest absolute Gasteiger partial charge is 0.423 e. The second kappa shape index (κ2) is 16.0. The molecule has 0 saturated carbocycles. The lowest BCUT2D eigenvalue weighted by Crippen LogP contribution is -2.55. The van der Waals surface area contributed by atoms with Gasteiger partial charge < -0.3 is 29.4 Å². The van der Waals surface area contributed by atoms with Gasteiger partial charge in [0.05, 0.1) is 45.0 Å². The highest BCUT2D eigenvalue weighted by Crippen LogP contribution is 2.26. The van der Waals surface area contributed by atoms with Gasteiger partial charge in [0.2, 0.25) is 11.6 Å². The average Bonchev–Trinajstić information content (AvgIpc) is 2.96. The molecule has 0 aliphatic rings. The monoisotopic (exact) mass is 603 g/mol. The zero-order valence-electron chi connectivity index (χ0n) is 22.2. The number of halogens is 8. The van der Waals surface area contributed by atoms with Crippen LogP contribution in [0.2, 0.25) is 0 Å². The second-order valence-electron chi connectivity index (χ2n) is 8.90. The van der Waals surface area contributed by atoms with Crippen LogP contribution in [0.3, 0.4) is 0 Å². The van der Waals surface area contributed by atoms with E-state index in [1.165, 1.54) is 7.05 Å². The highest BCUT2D eigenvalue weighted by atomic mass is 19.2. The van der Waals surface area contributed by atoms with E-state index >= 15 is 0 Å².